The van der Waals surface area contributed by atoms with Gasteiger partial charge in [0.1, 0.15) is 12.3 Å². The smallest absolute Gasteiger partial charge is 0.335 e. The third-order valence-electron chi connectivity index (χ3n) is 8.18. The molecule has 0 spiro atoms. The predicted octanol–water partition coefficient (Wildman–Crippen LogP) is 2.95. The van der Waals surface area contributed by atoms with Gasteiger partial charge in [-0.25, -0.2) is 14.6 Å². The highest BCUT2D eigenvalue weighted by atomic mass is 16.5. The van der Waals surface area contributed by atoms with E-state index in [0.717, 1.165) is 65.8 Å². The van der Waals surface area contributed by atoms with Gasteiger partial charge in [-0.05, 0) is 42.5 Å². The Morgan fingerprint density at radius 2 is 1.59 bits per heavy atom. The molecule has 6 N–H and O–H groups in total. The maximum atomic E-state index is 12.0. The van der Waals surface area contributed by atoms with Gasteiger partial charge in [0.25, 0.3) is 0 Å². The normalized spacial score (nSPS) is 16.4. The van der Waals surface area contributed by atoms with E-state index in [4.69, 9.17) is 34.7 Å². The molecule has 0 aliphatic heterocycles. The van der Waals surface area contributed by atoms with E-state index < -0.39 is 29.7 Å². The molecule has 0 bridgehead atoms. The molecule has 2 unspecified atom stereocenters. The highest BCUT2D eigenvalue weighted by molar-refractivity contribution is 5.83. The number of carboxylic acid groups (broad SMARTS) is 2. The quantitative estimate of drug-likeness (QED) is 0.105. The van der Waals surface area contributed by atoms with Crippen molar-refractivity contribution in [1.29, 1.82) is 0 Å². The number of aliphatic hydroxyl groups excluding tert-OH is 3. The zero-order valence-electron chi connectivity index (χ0n) is 26.5. The van der Waals surface area contributed by atoms with Crippen LogP contribution in [0.5, 0.6) is 5.75 Å². The molecule has 1 heterocycles. The lowest BCUT2D eigenvalue weighted by atomic mass is 9.73. The van der Waals surface area contributed by atoms with Crippen LogP contribution in [-0.4, -0.2) is 98.1 Å². The number of aliphatic carboxylic acids is 2. The van der Waals surface area contributed by atoms with Gasteiger partial charge in [-0.2, -0.15) is 0 Å². The number of ether oxygens (including phenoxy) is 1. The molecule has 3 aromatic rings. The van der Waals surface area contributed by atoms with Crippen LogP contribution in [0.2, 0.25) is 0 Å². The minimum absolute atomic E-state index is 0.109. The van der Waals surface area contributed by atoms with Crippen molar-refractivity contribution >= 4 is 11.9 Å². The molecule has 1 aliphatic carbocycles. The highest BCUT2D eigenvalue weighted by Gasteiger charge is 2.44. The average Bonchev–Trinajstić information content (AvgIpc) is 3.52. The number of benzene rings is 2. The van der Waals surface area contributed by atoms with Crippen LogP contribution in [0.4, 0.5) is 0 Å². The average molecular weight is 644 g/mol. The number of carboxylic acids is 2. The summed E-state index contributed by atoms with van der Waals surface area (Å²) in [6, 6.07) is 17.8. The molecule has 2 aromatic carbocycles. The van der Waals surface area contributed by atoms with Crippen LogP contribution < -0.4 is 4.74 Å². The van der Waals surface area contributed by atoms with E-state index in [1.54, 1.807) is 6.20 Å². The molecule has 12 nitrogen and oxygen atoms in total. The van der Waals surface area contributed by atoms with E-state index in [1.165, 1.54) is 6.42 Å². The second kappa shape index (κ2) is 17.2. The van der Waals surface area contributed by atoms with Gasteiger partial charge >= 0.3 is 11.9 Å². The second-order valence-electron chi connectivity index (χ2n) is 12.3. The Balaban J connectivity index is 0.000000498. The van der Waals surface area contributed by atoms with E-state index in [9.17, 15) is 14.7 Å². The number of carbonyl (C=O) groups is 2. The Hall–Kier alpha value is -3.81. The summed E-state index contributed by atoms with van der Waals surface area (Å²) in [5.74, 6) is -1.36. The van der Waals surface area contributed by atoms with E-state index in [2.05, 4.69) is 19.1 Å². The van der Waals surface area contributed by atoms with Crippen molar-refractivity contribution in [3.05, 3.63) is 83.6 Å². The monoisotopic (exact) mass is 643 g/mol. The zero-order chi connectivity index (χ0) is 33.7. The summed E-state index contributed by atoms with van der Waals surface area (Å²) in [6.45, 7) is 2.41. The van der Waals surface area contributed by atoms with Crippen molar-refractivity contribution in [3.8, 4) is 5.75 Å². The first-order chi connectivity index (χ1) is 21.9. The van der Waals surface area contributed by atoms with Gasteiger partial charge < -0.3 is 44.3 Å². The fourth-order valence-corrected chi connectivity index (χ4v) is 5.64. The molecule has 0 saturated heterocycles. The number of aromatic nitrogens is 1. The summed E-state index contributed by atoms with van der Waals surface area (Å²) in [4.78, 5) is 24.2. The molecule has 1 aromatic heterocycles. The summed E-state index contributed by atoms with van der Waals surface area (Å²) in [5.41, 5.74) is 0.773. The molecule has 1 saturated carbocycles. The van der Waals surface area contributed by atoms with Crippen LogP contribution in [0.1, 0.15) is 61.3 Å². The maximum Gasteiger partial charge on any atom is 0.335 e. The molecule has 1 fully saturated rings. The Morgan fingerprint density at radius 3 is 2.15 bits per heavy atom. The summed E-state index contributed by atoms with van der Waals surface area (Å²) in [6.07, 6.45) is 4.28. The first-order valence-electron chi connectivity index (χ1n) is 15.6. The lowest BCUT2D eigenvalue weighted by molar-refractivity contribution is -0.904. The molecule has 0 amide bonds. The van der Waals surface area contributed by atoms with Crippen molar-refractivity contribution in [2.24, 2.45) is 5.92 Å². The summed E-state index contributed by atoms with van der Waals surface area (Å²) in [5, 5.41) is 53.6. The minimum Gasteiger partial charge on any atom is -0.493 e. The molecule has 1 aliphatic rings. The fraction of sp³-hybridized carbons (Fsp3) is 0.500. The third kappa shape index (κ3) is 10.4. The number of quaternary nitrogens is 1. The number of aliphatic hydroxyl groups is 4. The van der Waals surface area contributed by atoms with E-state index in [1.807, 2.05) is 54.6 Å². The maximum absolute atomic E-state index is 12.0. The van der Waals surface area contributed by atoms with Crippen molar-refractivity contribution < 1.29 is 53.9 Å². The van der Waals surface area contributed by atoms with Crippen molar-refractivity contribution in [3.63, 3.8) is 0 Å². The lowest BCUT2D eigenvalue weighted by Crippen LogP contribution is -2.40. The van der Waals surface area contributed by atoms with Crippen molar-refractivity contribution in [2.45, 2.75) is 69.3 Å². The van der Waals surface area contributed by atoms with Gasteiger partial charge in [-0.3, -0.25) is 0 Å². The molecule has 252 valence electrons. The molecule has 4 rings (SSSR count). The summed E-state index contributed by atoms with van der Waals surface area (Å²) < 4.78 is 12.9. The lowest BCUT2D eigenvalue weighted by Gasteiger charge is -2.36. The van der Waals surface area contributed by atoms with Crippen LogP contribution in [0.3, 0.4) is 0 Å². The van der Waals surface area contributed by atoms with E-state index in [-0.39, 0.29) is 12.5 Å². The SMILES string of the molecule is C[N+](C)(CCCOc1ccc(CCO)cc1)Cc1cnc([C@](O)(c2ccccc2)C2CCCCC2)o1.O=C(O)C(O)C(O)C(=O)O. The van der Waals surface area contributed by atoms with Gasteiger partial charge in [0, 0.05) is 18.9 Å². The number of oxazole rings is 1. The van der Waals surface area contributed by atoms with E-state index in [0.29, 0.717) is 25.5 Å². The predicted molar refractivity (Wildman–Crippen MR) is 168 cm³/mol. The van der Waals surface area contributed by atoms with Crippen LogP contribution >= 0.6 is 0 Å². The number of nitrogens with zero attached hydrogens (tertiary/aromatic N) is 2. The van der Waals surface area contributed by atoms with Crippen LogP contribution in [-0.2, 0) is 28.2 Å². The summed E-state index contributed by atoms with van der Waals surface area (Å²) >= 11 is 0. The fourth-order valence-electron chi connectivity index (χ4n) is 5.64. The van der Waals surface area contributed by atoms with Gasteiger partial charge in [0.2, 0.25) is 5.89 Å². The largest absolute Gasteiger partial charge is 0.493 e. The Labute approximate surface area is 269 Å². The van der Waals surface area contributed by atoms with Crippen molar-refractivity contribution in [2.75, 3.05) is 33.9 Å². The molecule has 46 heavy (non-hydrogen) atoms. The van der Waals surface area contributed by atoms with Crippen LogP contribution in [0.25, 0.3) is 0 Å². The molecular weight excluding hydrogens is 596 g/mol. The van der Waals surface area contributed by atoms with Crippen LogP contribution in [0.15, 0.2) is 65.2 Å². The number of rotatable bonds is 15. The van der Waals surface area contributed by atoms with Crippen molar-refractivity contribution in [1.82, 2.24) is 4.98 Å². The molecule has 3 atom stereocenters. The topological polar surface area (TPSA) is 191 Å². The number of hydrogen-bond donors (Lipinski definition) is 6. The third-order valence-corrected chi connectivity index (χ3v) is 8.18. The van der Waals surface area contributed by atoms with Crippen LogP contribution in [0, 0.1) is 5.92 Å². The Morgan fingerprint density at radius 1 is 0.978 bits per heavy atom. The highest BCUT2D eigenvalue weighted by Crippen LogP contribution is 2.43. The Kier molecular flexibility index (Phi) is 13.7. The number of hydrogen-bond acceptors (Lipinski definition) is 9. The molecular formula is C34H47N2O10+. The van der Waals surface area contributed by atoms with Gasteiger partial charge in [0.05, 0.1) is 33.4 Å². The Bertz CT molecular complexity index is 1340. The zero-order valence-corrected chi connectivity index (χ0v) is 26.5. The second-order valence-corrected chi connectivity index (χ2v) is 12.3. The minimum atomic E-state index is -2.27. The van der Waals surface area contributed by atoms with Gasteiger partial charge in [-0.15, -0.1) is 0 Å². The first kappa shape index (κ1) is 36.7. The van der Waals surface area contributed by atoms with Gasteiger partial charge in [0.15, 0.2) is 23.6 Å². The standard InChI is InChI=1S/C30H41N2O4.C4H6O6/c1-32(2,19-9-21-35-27-16-14-24(15-17-27)18-20-33)23-28-22-31-29(36-28)30(34,25-10-5-3-6-11-25)26-12-7-4-8-13-26;5-1(3(7)8)2(6)4(9)10/h3,5-6,10-11,14-17,22,26,33-34H,4,7-9,12-13,18-21,23H2,1-2H3;1-2,5-6H,(H,7,8)(H,9,10)/q+1;/t30-;/m0./s1. The van der Waals surface area contributed by atoms with E-state index >= 15 is 0 Å². The van der Waals surface area contributed by atoms with Gasteiger partial charge in [-0.1, -0.05) is 61.7 Å². The molecule has 0 radical (unpaired) electrons. The first-order valence-corrected chi connectivity index (χ1v) is 15.6. The molecule has 12 heteroatoms. The summed E-state index contributed by atoms with van der Waals surface area (Å²) in [7, 11) is 4.35.